The number of carbonyl (C=O) groups is 5. The smallest absolute Gasteiger partial charge is 0.407 e. The number of amides is 4. The number of hydrogen-bond donors (Lipinski definition) is 4. The number of aryl methyl sites for hydroxylation is 2. The van der Waals surface area contributed by atoms with Gasteiger partial charge in [0.05, 0.1) is 53.6 Å². The number of nitrogens with two attached hydrogens (primary N) is 1. The fourth-order valence-electron chi connectivity index (χ4n) is 6.90. The van der Waals surface area contributed by atoms with Crippen LogP contribution in [0, 0.1) is 12.3 Å². The van der Waals surface area contributed by atoms with E-state index in [1.54, 1.807) is 32.1 Å². The summed E-state index contributed by atoms with van der Waals surface area (Å²) in [6.45, 7) is 14.9. The number of aliphatic hydroxyl groups is 1. The van der Waals surface area contributed by atoms with Crippen molar-refractivity contribution in [3.63, 3.8) is 0 Å². The fourth-order valence-corrected chi connectivity index (χ4v) is 7.71. The molecule has 3 aromatic rings. The maximum Gasteiger partial charge on any atom is 0.407 e. The highest BCUT2D eigenvalue weighted by Crippen LogP contribution is 2.29. The van der Waals surface area contributed by atoms with E-state index in [1.165, 1.54) is 4.90 Å². The first kappa shape index (κ1) is 48.0. The number of nitrogens with one attached hydrogen (secondary N) is 2. The van der Waals surface area contributed by atoms with E-state index >= 15 is 0 Å². The third-order valence-corrected chi connectivity index (χ3v) is 11.2. The predicted molar refractivity (Wildman–Crippen MR) is 230 cm³/mol. The van der Waals surface area contributed by atoms with Crippen LogP contribution in [-0.4, -0.2) is 100 Å². The maximum absolute atomic E-state index is 14.0. The van der Waals surface area contributed by atoms with Crippen LogP contribution in [-0.2, 0) is 52.8 Å². The summed E-state index contributed by atoms with van der Waals surface area (Å²) >= 11 is 1.58. The van der Waals surface area contributed by atoms with Crippen molar-refractivity contribution in [2.75, 3.05) is 19.8 Å². The van der Waals surface area contributed by atoms with E-state index in [9.17, 15) is 29.1 Å². The van der Waals surface area contributed by atoms with Crippen molar-refractivity contribution in [1.29, 1.82) is 0 Å². The number of nitrogens with zero attached hydrogens (tertiary/aromatic N) is 2. The Hall–Kier alpha value is -4.70. The number of aliphatic hydroxyl groups excluding tert-OH is 1. The highest BCUT2D eigenvalue weighted by molar-refractivity contribution is 7.13. The van der Waals surface area contributed by atoms with Crippen LogP contribution in [0.15, 0.2) is 54.0 Å². The van der Waals surface area contributed by atoms with E-state index in [1.807, 2.05) is 88.7 Å². The van der Waals surface area contributed by atoms with E-state index in [0.29, 0.717) is 19.3 Å². The molecule has 1 aromatic heterocycles. The summed E-state index contributed by atoms with van der Waals surface area (Å²) in [6, 6.07) is 13.6. The molecule has 0 unspecified atom stereocenters. The molecule has 60 heavy (non-hydrogen) atoms. The molecule has 2 aromatic carbocycles. The Labute approximate surface area is 357 Å². The molecule has 0 bridgehead atoms. The zero-order valence-electron chi connectivity index (χ0n) is 36.2. The Morgan fingerprint density at radius 1 is 0.933 bits per heavy atom. The van der Waals surface area contributed by atoms with Gasteiger partial charge >= 0.3 is 6.09 Å². The highest BCUT2D eigenvalue weighted by atomic mass is 32.1. The van der Waals surface area contributed by atoms with Gasteiger partial charge in [0.2, 0.25) is 17.7 Å². The number of hydrogen-bond acceptors (Lipinski definition) is 11. The molecule has 5 atom stereocenters. The molecular weight excluding hydrogens is 787 g/mol. The minimum absolute atomic E-state index is 0.0177. The maximum atomic E-state index is 14.0. The Morgan fingerprint density at radius 3 is 2.17 bits per heavy atom. The number of alkyl carbamates (subject to hydrolysis) is 1. The lowest BCUT2D eigenvalue weighted by Gasteiger charge is -2.35. The normalized spacial score (nSPS) is 17.1. The molecule has 5 N–H and O–H groups in total. The molecular formula is C45H63N5O9S. The lowest BCUT2D eigenvalue weighted by Crippen LogP contribution is -2.57. The van der Waals surface area contributed by atoms with Crippen LogP contribution >= 0.6 is 11.3 Å². The Bertz CT molecular complexity index is 1900. The van der Waals surface area contributed by atoms with Crippen LogP contribution in [0.4, 0.5) is 4.79 Å². The number of rotatable bonds is 20. The molecule has 2 heterocycles. The number of benzene rings is 2. The van der Waals surface area contributed by atoms with Gasteiger partial charge in [-0.1, -0.05) is 69.3 Å². The molecule has 15 heteroatoms. The Kier molecular flexibility index (Phi) is 17.4. The summed E-state index contributed by atoms with van der Waals surface area (Å²) in [5.74, 6) is -1.47. The first-order chi connectivity index (χ1) is 28.2. The van der Waals surface area contributed by atoms with E-state index in [4.69, 9.17) is 19.9 Å². The molecule has 0 aliphatic carbocycles. The molecule has 0 spiro atoms. The largest absolute Gasteiger partial charge is 0.444 e. The topological polar surface area (TPSA) is 199 Å². The molecule has 14 nitrogen and oxygen atoms in total. The number of carbonyl (C=O) groups excluding carboxylic acids is 5. The standard InChI is InChI=1S/C45H63N5O9S/c1-28-40(60-27-47-28)33-16-13-30(14-17-33)15-19-37(52)36-23-34(51)24-50(36)42(55)41(44(3,4)5)49-39(54)26-57-22-21-31-9-11-32(12-10-31)25-58-29(2)35(18-20-38(46)53)48-43(56)59-45(6,7)8/h9-14,16-17,27,29,34-36,41,51H,15,18-26H2,1-8H3,(H2,46,53)(H,48,56)(H,49,54)/t29-,34-,35+,36+,41-/m1/s1. The number of ether oxygens (including phenoxy) is 3. The van der Waals surface area contributed by atoms with Gasteiger partial charge in [-0.15, -0.1) is 11.3 Å². The van der Waals surface area contributed by atoms with Gasteiger partial charge in [0.15, 0.2) is 5.78 Å². The monoisotopic (exact) mass is 849 g/mol. The summed E-state index contributed by atoms with van der Waals surface area (Å²) in [5.41, 5.74) is 10.7. The van der Waals surface area contributed by atoms with Crippen LogP contribution in [0.25, 0.3) is 10.4 Å². The van der Waals surface area contributed by atoms with Crippen LogP contribution in [0.3, 0.4) is 0 Å². The van der Waals surface area contributed by atoms with E-state index in [0.717, 1.165) is 32.8 Å². The third-order valence-electron chi connectivity index (χ3n) is 10.2. The second-order valence-corrected chi connectivity index (χ2v) is 18.4. The van der Waals surface area contributed by atoms with Gasteiger partial charge in [0.25, 0.3) is 0 Å². The van der Waals surface area contributed by atoms with Crippen molar-refractivity contribution in [2.45, 2.75) is 136 Å². The van der Waals surface area contributed by atoms with Gasteiger partial charge in [-0.3, -0.25) is 19.2 Å². The second kappa shape index (κ2) is 21.7. The molecule has 0 saturated carbocycles. The van der Waals surface area contributed by atoms with Crippen molar-refractivity contribution in [3.05, 3.63) is 76.4 Å². The van der Waals surface area contributed by atoms with Gasteiger partial charge in [-0.25, -0.2) is 9.78 Å². The average molecular weight is 850 g/mol. The molecule has 1 saturated heterocycles. The molecule has 0 radical (unpaired) electrons. The Morgan fingerprint density at radius 2 is 1.57 bits per heavy atom. The first-order valence-electron chi connectivity index (χ1n) is 20.5. The van der Waals surface area contributed by atoms with Crippen molar-refractivity contribution in [2.24, 2.45) is 11.1 Å². The molecule has 1 fully saturated rings. The molecule has 328 valence electrons. The number of primary amides is 1. The van der Waals surface area contributed by atoms with Crippen molar-refractivity contribution < 1.29 is 43.3 Å². The van der Waals surface area contributed by atoms with E-state index in [-0.39, 0.29) is 51.4 Å². The number of thiazole rings is 1. The lowest BCUT2D eigenvalue weighted by molar-refractivity contribution is -0.144. The number of likely N-dealkylation sites (tertiary alicyclic amines) is 1. The van der Waals surface area contributed by atoms with Gasteiger partial charge in [0.1, 0.15) is 18.2 Å². The number of aromatic nitrogens is 1. The van der Waals surface area contributed by atoms with Crippen LogP contribution in [0.2, 0.25) is 0 Å². The first-order valence-corrected chi connectivity index (χ1v) is 21.4. The van der Waals surface area contributed by atoms with E-state index in [2.05, 4.69) is 15.6 Å². The van der Waals surface area contributed by atoms with Crippen LogP contribution < -0.4 is 16.4 Å². The number of Topliss-reactive ketones (excluding diaryl/α,β-unsaturated/α-hetero) is 1. The summed E-state index contributed by atoms with van der Waals surface area (Å²) in [6.07, 6.45) is -0.0847. The van der Waals surface area contributed by atoms with Crippen molar-refractivity contribution >= 4 is 40.9 Å². The summed E-state index contributed by atoms with van der Waals surface area (Å²) < 4.78 is 17.1. The quantitative estimate of drug-likeness (QED) is 0.106. The van der Waals surface area contributed by atoms with Crippen LogP contribution in [0.5, 0.6) is 0 Å². The molecule has 4 rings (SSSR count). The average Bonchev–Trinajstić information content (AvgIpc) is 3.79. The van der Waals surface area contributed by atoms with Gasteiger partial charge in [-0.05, 0) is 81.5 Å². The van der Waals surface area contributed by atoms with E-state index < -0.39 is 65.2 Å². The minimum Gasteiger partial charge on any atom is -0.444 e. The van der Waals surface area contributed by atoms with Crippen molar-refractivity contribution in [1.82, 2.24) is 20.5 Å². The predicted octanol–water partition coefficient (Wildman–Crippen LogP) is 5.44. The molecule has 1 aliphatic heterocycles. The molecule has 1 aliphatic rings. The highest BCUT2D eigenvalue weighted by Gasteiger charge is 2.44. The van der Waals surface area contributed by atoms with Crippen LogP contribution in [0.1, 0.15) is 96.5 Å². The number of ketones is 1. The summed E-state index contributed by atoms with van der Waals surface area (Å²) in [4.78, 5) is 71.3. The fraction of sp³-hybridized carbons (Fsp3) is 0.556. The zero-order valence-corrected chi connectivity index (χ0v) is 37.1. The second-order valence-electron chi connectivity index (χ2n) is 17.6. The minimum atomic E-state index is -0.944. The molecule has 4 amide bonds. The van der Waals surface area contributed by atoms with Gasteiger partial charge in [0, 0.05) is 25.8 Å². The zero-order chi connectivity index (χ0) is 44.2. The lowest BCUT2D eigenvalue weighted by atomic mass is 9.85. The summed E-state index contributed by atoms with van der Waals surface area (Å²) in [7, 11) is 0. The van der Waals surface area contributed by atoms with Gasteiger partial charge in [-0.2, -0.15) is 0 Å². The third kappa shape index (κ3) is 15.1. The van der Waals surface area contributed by atoms with Gasteiger partial charge < -0.3 is 40.6 Å². The number of β-amino-alcohol motifs (C(OH)–C–C–N with tert-alkyl or cyclic N) is 1. The Balaban J connectivity index is 1.23. The summed E-state index contributed by atoms with van der Waals surface area (Å²) in [5, 5.41) is 16.2. The SMILES string of the molecule is Cc1ncsc1-c1ccc(CCC(=O)[C@@H]2C[C@@H](O)CN2C(=O)[C@@H](NC(=O)COCCc2ccc(CO[C@H](C)[C@H](CCC(N)=O)NC(=O)OC(C)(C)C)cc2)C(C)(C)C)cc1. The van der Waals surface area contributed by atoms with Crippen molar-refractivity contribution in [3.8, 4) is 10.4 Å².